The van der Waals surface area contributed by atoms with Gasteiger partial charge in [-0.3, -0.25) is 9.59 Å². The quantitative estimate of drug-likeness (QED) is 0.386. The Morgan fingerprint density at radius 1 is 1.03 bits per heavy atom. The van der Waals surface area contributed by atoms with Crippen molar-refractivity contribution >= 4 is 45.8 Å². The van der Waals surface area contributed by atoms with Crippen molar-refractivity contribution in [3.05, 3.63) is 87.0 Å². The predicted molar refractivity (Wildman–Crippen MR) is 125 cm³/mol. The van der Waals surface area contributed by atoms with Crippen LogP contribution < -0.4 is 20.2 Å². The van der Waals surface area contributed by atoms with Crippen LogP contribution in [0.1, 0.15) is 0 Å². The van der Waals surface area contributed by atoms with Gasteiger partial charge >= 0.3 is 0 Å². The fourth-order valence-corrected chi connectivity index (χ4v) is 3.57. The van der Waals surface area contributed by atoms with Crippen molar-refractivity contribution in [3.8, 4) is 22.8 Å². The lowest BCUT2D eigenvalue weighted by atomic mass is 10.1. The van der Waals surface area contributed by atoms with Gasteiger partial charge in [0.25, 0.3) is 5.91 Å². The van der Waals surface area contributed by atoms with Gasteiger partial charge in [0, 0.05) is 16.3 Å². The van der Waals surface area contributed by atoms with Crippen molar-refractivity contribution in [2.75, 3.05) is 19.0 Å². The van der Waals surface area contributed by atoms with E-state index in [2.05, 4.69) is 5.32 Å². The second-order valence-electron chi connectivity index (χ2n) is 6.78. The molecule has 4 rings (SSSR count). The smallest absolute Gasteiger partial charge is 0.262 e. The first-order chi connectivity index (χ1) is 15.5. The van der Waals surface area contributed by atoms with Crippen molar-refractivity contribution < 1.29 is 18.7 Å². The molecule has 162 valence electrons. The first kappa shape index (κ1) is 21.7. The second kappa shape index (κ2) is 9.34. The van der Waals surface area contributed by atoms with Crippen LogP contribution in [-0.2, 0) is 4.79 Å². The van der Waals surface area contributed by atoms with E-state index in [9.17, 15) is 9.59 Å². The zero-order chi connectivity index (χ0) is 22.7. The Kier molecular flexibility index (Phi) is 6.35. The minimum absolute atomic E-state index is 0.0751. The summed E-state index contributed by atoms with van der Waals surface area (Å²) < 4.78 is 16.7. The van der Waals surface area contributed by atoms with Crippen molar-refractivity contribution in [1.29, 1.82) is 0 Å². The summed E-state index contributed by atoms with van der Waals surface area (Å²) in [5.41, 5.74) is 1.04. The maximum Gasteiger partial charge on any atom is 0.262 e. The zero-order valence-electron chi connectivity index (χ0n) is 16.9. The van der Waals surface area contributed by atoms with Crippen LogP contribution in [0, 0.1) is 0 Å². The first-order valence-electron chi connectivity index (χ1n) is 9.54. The Bertz CT molecular complexity index is 1350. The molecule has 0 atom stereocenters. The molecular formula is C24H17Cl2NO5. The largest absolute Gasteiger partial charge is 0.495 e. The standard InChI is InChI=1S/C24H17Cl2NO5/c1-30-20-10-8-16(12-18(20)26)27-21(28)13-31-24-22(29)17-11-15(25)7-9-19(17)32-23(24)14-5-3-2-4-6-14/h2-12H,13H2,1H3,(H,27,28). The average Bonchev–Trinajstić information content (AvgIpc) is 2.79. The topological polar surface area (TPSA) is 77.8 Å². The Hall–Kier alpha value is -3.48. The third-order valence-electron chi connectivity index (χ3n) is 4.63. The van der Waals surface area contributed by atoms with Crippen LogP contribution in [0.2, 0.25) is 10.0 Å². The molecular weight excluding hydrogens is 453 g/mol. The highest BCUT2D eigenvalue weighted by molar-refractivity contribution is 6.32. The van der Waals surface area contributed by atoms with E-state index in [4.69, 9.17) is 37.1 Å². The molecule has 1 N–H and O–H groups in total. The zero-order valence-corrected chi connectivity index (χ0v) is 18.4. The van der Waals surface area contributed by atoms with Gasteiger partial charge in [-0.15, -0.1) is 0 Å². The molecule has 0 bridgehead atoms. The molecule has 0 unspecified atom stereocenters. The highest BCUT2D eigenvalue weighted by Gasteiger charge is 2.19. The number of nitrogens with one attached hydrogen (secondary N) is 1. The SMILES string of the molecule is COc1ccc(NC(=O)COc2c(-c3ccccc3)oc3ccc(Cl)cc3c2=O)cc1Cl. The summed E-state index contributed by atoms with van der Waals surface area (Å²) in [5.74, 6) is 0.163. The Labute approximate surface area is 193 Å². The first-order valence-corrected chi connectivity index (χ1v) is 10.3. The lowest BCUT2D eigenvalue weighted by Gasteiger charge is -2.12. The molecule has 0 fully saturated rings. The molecule has 6 nitrogen and oxygen atoms in total. The van der Waals surface area contributed by atoms with Gasteiger partial charge in [0.1, 0.15) is 11.3 Å². The highest BCUT2D eigenvalue weighted by atomic mass is 35.5. The van der Waals surface area contributed by atoms with E-state index in [1.54, 1.807) is 42.5 Å². The number of benzene rings is 3. The number of carbonyl (C=O) groups excluding carboxylic acids is 1. The summed E-state index contributed by atoms with van der Waals surface area (Å²) in [6, 6.07) is 18.6. The third-order valence-corrected chi connectivity index (χ3v) is 5.16. The third kappa shape index (κ3) is 4.56. The van der Waals surface area contributed by atoms with Gasteiger partial charge in [0.15, 0.2) is 12.4 Å². The molecule has 0 aliphatic carbocycles. The van der Waals surface area contributed by atoms with Crippen LogP contribution in [0.25, 0.3) is 22.3 Å². The molecule has 0 aliphatic heterocycles. The molecule has 32 heavy (non-hydrogen) atoms. The van der Waals surface area contributed by atoms with Crippen LogP contribution in [0.15, 0.2) is 75.9 Å². The number of carbonyl (C=O) groups is 1. The van der Waals surface area contributed by atoms with E-state index in [1.165, 1.54) is 13.2 Å². The summed E-state index contributed by atoms with van der Waals surface area (Å²) in [7, 11) is 1.50. The van der Waals surface area contributed by atoms with Gasteiger partial charge in [-0.05, 0) is 36.4 Å². The van der Waals surface area contributed by atoms with Crippen molar-refractivity contribution in [3.63, 3.8) is 0 Å². The monoisotopic (exact) mass is 469 g/mol. The molecule has 0 aliphatic rings. The van der Waals surface area contributed by atoms with Gasteiger partial charge in [-0.25, -0.2) is 0 Å². The summed E-state index contributed by atoms with van der Waals surface area (Å²) in [6.45, 7) is -0.416. The van der Waals surface area contributed by atoms with Crippen molar-refractivity contribution in [2.45, 2.75) is 0 Å². The van der Waals surface area contributed by atoms with Gasteiger partial charge in [-0.2, -0.15) is 0 Å². The fourth-order valence-electron chi connectivity index (χ4n) is 3.14. The van der Waals surface area contributed by atoms with E-state index in [0.717, 1.165) is 0 Å². The minimum atomic E-state index is -0.476. The lowest BCUT2D eigenvalue weighted by molar-refractivity contribution is -0.118. The van der Waals surface area contributed by atoms with Crippen LogP contribution in [0.4, 0.5) is 5.69 Å². The maximum absolute atomic E-state index is 13.2. The van der Waals surface area contributed by atoms with E-state index < -0.39 is 17.9 Å². The van der Waals surface area contributed by atoms with Crippen LogP contribution in [0.5, 0.6) is 11.5 Å². The number of halogens is 2. The summed E-state index contributed by atoms with van der Waals surface area (Å²) >= 11 is 12.1. The Morgan fingerprint density at radius 3 is 2.53 bits per heavy atom. The van der Waals surface area contributed by atoms with Gasteiger partial charge in [0.05, 0.1) is 17.5 Å². The molecule has 0 saturated carbocycles. The van der Waals surface area contributed by atoms with E-state index in [1.807, 2.05) is 18.2 Å². The van der Waals surface area contributed by atoms with Gasteiger partial charge < -0.3 is 19.2 Å². The predicted octanol–water partition coefficient (Wildman–Crippen LogP) is 5.79. The number of hydrogen-bond acceptors (Lipinski definition) is 5. The number of rotatable bonds is 6. The van der Waals surface area contributed by atoms with Crippen LogP contribution in [0.3, 0.4) is 0 Å². The van der Waals surface area contributed by atoms with E-state index in [0.29, 0.717) is 32.6 Å². The molecule has 0 spiro atoms. The maximum atomic E-state index is 13.2. The molecule has 3 aromatic carbocycles. The van der Waals surface area contributed by atoms with Gasteiger partial charge in [-0.1, -0.05) is 53.5 Å². The summed E-state index contributed by atoms with van der Waals surface area (Å²) in [5, 5.41) is 3.67. The molecule has 0 saturated heterocycles. The molecule has 0 radical (unpaired) electrons. The lowest BCUT2D eigenvalue weighted by Crippen LogP contribution is -2.22. The van der Waals surface area contributed by atoms with E-state index >= 15 is 0 Å². The number of fused-ring (bicyclic) bond motifs is 1. The van der Waals surface area contributed by atoms with Crippen LogP contribution in [-0.4, -0.2) is 19.6 Å². The molecule has 8 heteroatoms. The second-order valence-corrected chi connectivity index (χ2v) is 7.63. The summed E-state index contributed by atoms with van der Waals surface area (Å²) in [4.78, 5) is 25.6. The Balaban J connectivity index is 1.64. The molecule has 4 aromatic rings. The van der Waals surface area contributed by atoms with E-state index in [-0.39, 0.29) is 16.9 Å². The number of hydrogen-bond donors (Lipinski definition) is 1. The van der Waals surface area contributed by atoms with Crippen LogP contribution >= 0.6 is 23.2 Å². The average molecular weight is 470 g/mol. The molecule has 1 aromatic heterocycles. The number of amides is 1. The number of ether oxygens (including phenoxy) is 2. The fraction of sp³-hybridized carbons (Fsp3) is 0.0833. The normalized spacial score (nSPS) is 10.7. The molecule has 1 amide bonds. The highest BCUT2D eigenvalue weighted by Crippen LogP contribution is 2.32. The molecule has 1 heterocycles. The number of anilines is 1. The minimum Gasteiger partial charge on any atom is -0.495 e. The van der Waals surface area contributed by atoms with Gasteiger partial charge in [0.2, 0.25) is 11.2 Å². The van der Waals surface area contributed by atoms with Crippen molar-refractivity contribution in [1.82, 2.24) is 0 Å². The summed E-state index contributed by atoms with van der Waals surface area (Å²) in [6.07, 6.45) is 0. The Morgan fingerprint density at radius 2 is 1.81 bits per heavy atom. The number of methoxy groups -OCH3 is 1. The van der Waals surface area contributed by atoms with Crippen molar-refractivity contribution in [2.24, 2.45) is 0 Å².